The average molecular weight is 182 g/mol. The van der Waals surface area contributed by atoms with Gasteiger partial charge in [0, 0.05) is 6.04 Å². The number of nitrogens with two attached hydrogens (primary N) is 2. The quantitative estimate of drug-likeness (QED) is 0.407. The maximum Gasteiger partial charge on any atom is 0.180 e. The first kappa shape index (κ1) is 9.67. The van der Waals surface area contributed by atoms with Crippen molar-refractivity contribution in [2.24, 2.45) is 5.73 Å². The van der Waals surface area contributed by atoms with Gasteiger partial charge in [-0.05, 0) is 24.1 Å². The highest BCUT2D eigenvalue weighted by molar-refractivity contribution is 5.61. The molecule has 0 amide bonds. The Morgan fingerprint density at radius 1 is 1.38 bits per heavy atom. The van der Waals surface area contributed by atoms with Crippen molar-refractivity contribution in [3.8, 4) is 11.5 Å². The van der Waals surface area contributed by atoms with E-state index in [0.29, 0.717) is 0 Å². The second-order valence-electron chi connectivity index (χ2n) is 2.99. The molecule has 0 aliphatic carbocycles. The van der Waals surface area contributed by atoms with E-state index in [4.69, 9.17) is 16.6 Å². The average Bonchev–Trinajstić information content (AvgIpc) is 2.12. The molecular formula is C9H14N2O2. The molecule has 72 valence electrons. The highest BCUT2D eigenvalue weighted by atomic mass is 16.3. The highest BCUT2D eigenvalue weighted by Crippen LogP contribution is 2.34. The summed E-state index contributed by atoms with van der Waals surface area (Å²) in [4.78, 5) is 0. The molecule has 0 aliphatic rings. The van der Waals surface area contributed by atoms with Crippen LogP contribution in [0.4, 0.5) is 5.69 Å². The Hall–Kier alpha value is -1.42. The number of nitrogen functional groups attached to an aromatic ring is 1. The zero-order valence-electron chi connectivity index (χ0n) is 7.49. The fourth-order valence-electron chi connectivity index (χ4n) is 1.11. The van der Waals surface area contributed by atoms with Gasteiger partial charge in [-0.25, -0.2) is 0 Å². The Morgan fingerprint density at radius 3 is 2.46 bits per heavy atom. The van der Waals surface area contributed by atoms with E-state index < -0.39 is 0 Å². The highest BCUT2D eigenvalue weighted by Gasteiger charge is 2.10. The molecule has 0 spiro atoms. The minimum atomic E-state index is -0.285. The van der Waals surface area contributed by atoms with Gasteiger partial charge >= 0.3 is 0 Å². The number of anilines is 1. The number of rotatable bonds is 2. The predicted octanol–water partition coefficient (Wildman–Crippen LogP) is 1.09. The van der Waals surface area contributed by atoms with Crippen molar-refractivity contribution in [2.45, 2.75) is 19.4 Å². The summed E-state index contributed by atoms with van der Waals surface area (Å²) in [5.74, 6) is -0.508. The van der Waals surface area contributed by atoms with Crippen LogP contribution in [-0.4, -0.2) is 10.2 Å². The van der Waals surface area contributed by atoms with Crippen LogP contribution in [0, 0.1) is 0 Å². The van der Waals surface area contributed by atoms with E-state index in [-0.39, 0.29) is 23.2 Å². The first-order valence-electron chi connectivity index (χ1n) is 4.13. The summed E-state index contributed by atoms with van der Waals surface area (Å²) in [7, 11) is 0. The van der Waals surface area contributed by atoms with E-state index in [1.807, 2.05) is 6.92 Å². The maximum absolute atomic E-state index is 9.24. The zero-order valence-corrected chi connectivity index (χ0v) is 7.49. The van der Waals surface area contributed by atoms with Crippen molar-refractivity contribution in [1.29, 1.82) is 0 Å². The number of phenols is 2. The summed E-state index contributed by atoms with van der Waals surface area (Å²) in [6.07, 6.45) is 0.754. The second-order valence-corrected chi connectivity index (χ2v) is 2.99. The van der Waals surface area contributed by atoms with Crippen molar-refractivity contribution in [3.63, 3.8) is 0 Å². The Kier molecular flexibility index (Phi) is 2.63. The van der Waals surface area contributed by atoms with Crippen LogP contribution >= 0.6 is 0 Å². The molecular weight excluding hydrogens is 168 g/mol. The van der Waals surface area contributed by atoms with Crippen LogP contribution in [0.15, 0.2) is 12.1 Å². The van der Waals surface area contributed by atoms with Gasteiger partial charge in [0.25, 0.3) is 0 Å². The summed E-state index contributed by atoms with van der Waals surface area (Å²) < 4.78 is 0. The van der Waals surface area contributed by atoms with Crippen LogP contribution in [0.5, 0.6) is 11.5 Å². The van der Waals surface area contributed by atoms with Gasteiger partial charge in [-0.1, -0.05) is 6.92 Å². The maximum atomic E-state index is 9.24. The Balaban J connectivity index is 3.13. The zero-order chi connectivity index (χ0) is 10.0. The number of hydrogen-bond donors (Lipinski definition) is 4. The standard InChI is InChI=1S/C9H14N2O2/c1-2-6(10)5-3-7(11)9(13)8(12)4-5/h3-4,6,12-13H,2,10-11H2,1H3/t6-/m1/s1. The van der Waals surface area contributed by atoms with E-state index >= 15 is 0 Å². The smallest absolute Gasteiger partial charge is 0.180 e. The summed E-state index contributed by atoms with van der Waals surface area (Å²) in [5.41, 5.74) is 12.1. The molecule has 1 aromatic rings. The van der Waals surface area contributed by atoms with Gasteiger partial charge in [-0.2, -0.15) is 0 Å². The lowest BCUT2D eigenvalue weighted by atomic mass is 10.0. The van der Waals surface area contributed by atoms with Crippen molar-refractivity contribution in [1.82, 2.24) is 0 Å². The largest absolute Gasteiger partial charge is 0.504 e. The molecule has 0 aromatic heterocycles. The van der Waals surface area contributed by atoms with Crippen LogP contribution < -0.4 is 11.5 Å². The molecule has 1 rings (SSSR count). The summed E-state index contributed by atoms with van der Waals surface area (Å²) in [5, 5.41) is 18.4. The fourth-order valence-corrected chi connectivity index (χ4v) is 1.11. The van der Waals surface area contributed by atoms with E-state index in [1.165, 1.54) is 6.07 Å². The van der Waals surface area contributed by atoms with Gasteiger partial charge in [0.2, 0.25) is 0 Å². The van der Waals surface area contributed by atoms with Crippen LogP contribution in [0.3, 0.4) is 0 Å². The topological polar surface area (TPSA) is 92.5 Å². The number of aromatic hydroxyl groups is 2. The minimum absolute atomic E-state index is 0.152. The van der Waals surface area contributed by atoms with Crippen molar-refractivity contribution in [2.75, 3.05) is 5.73 Å². The molecule has 1 atom stereocenters. The monoisotopic (exact) mass is 182 g/mol. The lowest BCUT2D eigenvalue weighted by Gasteiger charge is -2.11. The van der Waals surface area contributed by atoms with Crippen LogP contribution in [0.2, 0.25) is 0 Å². The van der Waals surface area contributed by atoms with E-state index in [2.05, 4.69) is 0 Å². The SMILES string of the molecule is CC[C@@H](N)c1cc(N)c(O)c(O)c1. The van der Waals surface area contributed by atoms with Gasteiger partial charge < -0.3 is 21.7 Å². The van der Waals surface area contributed by atoms with E-state index in [1.54, 1.807) is 6.07 Å². The molecule has 4 nitrogen and oxygen atoms in total. The van der Waals surface area contributed by atoms with Crippen molar-refractivity contribution < 1.29 is 10.2 Å². The molecule has 0 heterocycles. The van der Waals surface area contributed by atoms with Gasteiger partial charge in [-0.15, -0.1) is 0 Å². The minimum Gasteiger partial charge on any atom is -0.504 e. The van der Waals surface area contributed by atoms with Crippen molar-refractivity contribution in [3.05, 3.63) is 17.7 Å². The van der Waals surface area contributed by atoms with E-state index in [9.17, 15) is 5.11 Å². The number of phenolic OH excluding ortho intramolecular Hbond substituents is 2. The Labute approximate surface area is 76.8 Å². The predicted molar refractivity (Wildman–Crippen MR) is 51.4 cm³/mol. The molecule has 6 N–H and O–H groups in total. The van der Waals surface area contributed by atoms with Gasteiger partial charge in [0.15, 0.2) is 11.5 Å². The summed E-state index contributed by atoms with van der Waals surface area (Å²) >= 11 is 0. The van der Waals surface area contributed by atoms with Crippen molar-refractivity contribution >= 4 is 5.69 Å². The molecule has 0 saturated heterocycles. The van der Waals surface area contributed by atoms with Crippen LogP contribution in [0.1, 0.15) is 24.9 Å². The molecule has 0 aliphatic heterocycles. The normalized spacial score (nSPS) is 12.8. The first-order chi connectivity index (χ1) is 6.06. The molecule has 0 fully saturated rings. The third-order valence-electron chi connectivity index (χ3n) is 2.01. The summed E-state index contributed by atoms with van der Waals surface area (Å²) in [6.45, 7) is 1.94. The lowest BCUT2D eigenvalue weighted by Crippen LogP contribution is -2.08. The third kappa shape index (κ3) is 1.84. The molecule has 1 aromatic carbocycles. The Bertz CT molecular complexity index is 289. The number of hydrogen-bond acceptors (Lipinski definition) is 4. The molecule has 0 radical (unpaired) electrons. The van der Waals surface area contributed by atoms with Crippen LogP contribution in [0.25, 0.3) is 0 Å². The molecule has 4 heteroatoms. The molecule has 13 heavy (non-hydrogen) atoms. The first-order valence-corrected chi connectivity index (χ1v) is 4.13. The van der Waals surface area contributed by atoms with Gasteiger partial charge in [0.1, 0.15) is 0 Å². The molecule has 0 saturated carbocycles. The van der Waals surface area contributed by atoms with Gasteiger partial charge in [-0.3, -0.25) is 0 Å². The number of benzene rings is 1. The van der Waals surface area contributed by atoms with Crippen LogP contribution in [-0.2, 0) is 0 Å². The fraction of sp³-hybridized carbons (Fsp3) is 0.333. The second kappa shape index (κ2) is 3.53. The summed E-state index contributed by atoms with van der Waals surface area (Å²) in [6, 6.07) is 2.84. The molecule has 0 bridgehead atoms. The van der Waals surface area contributed by atoms with Gasteiger partial charge in [0.05, 0.1) is 5.69 Å². The molecule has 0 unspecified atom stereocenters. The third-order valence-corrected chi connectivity index (χ3v) is 2.01. The lowest BCUT2D eigenvalue weighted by molar-refractivity contribution is 0.404. The van der Waals surface area contributed by atoms with E-state index in [0.717, 1.165) is 12.0 Å². The Morgan fingerprint density at radius 2 is 2.00 bits per heavy atom.